The minimum Gasteiger partial charge on any atom is -0.377 e. The number of hydrogen-bond acceptors (Lipinski definition) is 5. The van der Waals surface area contributed by atoms with Crippen LogP contribution in [0.15, 0.2) is 0 Å². The summed E-state index contributed by atoms with van der Waals surface area (Å²) in [4.78, 5) is 13.2. The molecule has 0 aromatic heterocycles. The van der Waals surface area contributed by atoms with Crippen molar-refractivity contribution in [3.8, 4) is 0 Å². The van der Waals surface area contributed by atoms with E-state index in [0.717, 1.165) is 32.6 Å². The maximum absolute atomic E-state index is 10.8. The van der Waals surface area contributed by atoms with Gasteiger partial charge in [-0.1, -0.05) is 103 Å². The van der Waals surface area contributed by atoms with Gasteiger partial charge in [0.05, 0.1) is 19.4 Å². The molecule has 5 nitrogen and oxygen atoms in total. The average Bonchev–Trinajstić information content (AvgIpc) is 3.61. The van der Waals surface area contributed by atoms with Gasteiger partial charge in [-0.05, 0) is 20.3 Å². The van der Waals surface area contributed by atoms with Gasteiger partial charge in [-0.2, -0.15) is 0 Å². The van der Waals surface area contributed by atoms with Gasteiger partial charge in [0.2, 0.25) is 0 Å². The summed E-state index contributed by atoms with van der Waals surface area (Å²) in [7, 11) is 0. The SMILES string of the molecule is C1CO1.CCCCCCCCCCCCCCCCCC1NCCN1C(C)OC(C)C=O. The zero-order chi connectivity index (χ0) is 23.3. The molecule has 190 valence electrons. The lowest BCUT2D eigenvalue weighted by molar-refractivity contribution is -0.131. The number of carbonyl (C=O) groups is 1. The molecule has 2 saturated heterocycles. The van der Waals surface area contributed by atoms with Crippen molar-refractivity contribution in [1.29, 1.82) is 0 Å². The highest BCUT2D eigenvalue weighted by atomic mass is 16.6. The van der Waals surface area contributed by atoms with Crippen LogP contribution >= 0.6 is 0 Å². The number of unbranched alkanes of at least 4 members (excludes halogenated alkanes) is 14. The molecule has 2 rings (SSSR count). The molecule has 2 aliphatic rings. The van der Waals surface area contributed by atoms with Crippen molar-refractivity contribution >= 4 is 6.29 Å². The zero-order valence-corrected chi connectivity index (χ0v) is 21.6. The van der Waals surface area contributed by atoms with Crippen molar-refractivity contribution in [3.05, 3.63) is 0 Å². The Hall–Kier alpha value is -0.490. The maximum atomic E-state index is 10.8. The van der Waals surface area contributed by atoms with Crippen molar-refractivity contribution in [2.75, 3.05) is 26.3 Å². The lowest BCUT2D eigenvalue weighted by Crippen LogP contribution is -2.43. The Bertz CT molecular complexity index is 417. The molecule has 0 saturated carbocycles. The number of aldehydes is 1. The van der Waals surface area contributed by atoms with Crippen molar-refractivity contribution in [1.82, 2.24) is 10.2 Å². The summed E-state index contributed by atoms with van der Waals surface area (Å²) in [6.45, 7) is 10.2. The zero-order valence-electron chi connectivity index (χ0n) is 21.6. The van der Waals surface area contributed by atoms with Gasteiger partial charge in [0.1, 0.15) is 18.6 Å². The predicted octanol–water partition coefficient (Wildman–Crippen LogP) is 6.45. The summed E-state index contributed by atoms with van der Waals surface area (Å²) in [5, 5.41) is 3.59. The second-order valence-corrected chi connectivity index (χ2v) is 9.64. The van der Waals surface area contributed by atoms with Gasteiger partial charge >= 0.3 is 0 Å². The Morgan fingerprint density at radius 3 is 1.78 bits per heavy atom. The fourth-order valence-corrected chi connectivity index (χ4v) is 4.47. The molecular weight excluding hydrogens is 400 g/mol. The van der Waals surface area contributed by atoms with Crippen LogP contribution in [-0.2, 0) is 14.3 Å². The number of ether oxygens (including phenoxy) is 2. The van der Waals surface area contributed by atoms with Crippen LogP contribution in [0, 0.1) is 0 Å². The molecule has 2 heterocycles. The normalized spacial score (nSPS) is 19.9. The lowest BCUT2D eigenvalue weighted by Gasteiger charge is -2.31. The number of hydrogen-bond donors (Lipinski definition) is 1. The first kappa shape index (κ1) is 29.5. The number of epoxide rings is 1. The van der Waals surface area contributed by atoms with Gasteiger partial charge in [0.25, 0.3) is 0 Å². The summed E-state index contributed by atoms with van der Waals surface area (Å²) in [6.07, 6.45) is 23.3. The van der Waals surface area contributed by atoms with Crippen molar-refractivity contribution in [2.45, 2.75) is 142 Å². The minimum absolute atomic E-state index is 0.00606. The standard InChI is InChI=1S/C25H50N2O2.C2H4O/c1-4-5-6-7-8-9-10-11-12-13-14-15-16-17-18-19-25-26-20-21-27(25)24(3)29-23(2)22-28;1-2-3-1/h22-26H,4-21H2,1-3H3;1-2H2. The van der Waals surface area contributed by atoms with E-state index >= 15 is 0 Å². The van der Waals surface area contributed by atoms with Crippen LogP contribution in [-0.4, -0.2) is 56.0 Å². The summed E-state index contributed by atoms with van der Waals surface area (Å²) >= 11 is 0. The highest BCUT2D eigenvalue weighted by molar-refractivity contribution is 5.55. The third-order valence-corrected chi connectivity index (χ3v) is 6.51. The van der Waals surface area contributed by atoms with Crippen LogP contribution in [0.2, 0.25) is 0 Å². The third-order valence-electron chi connectivity index (χ3n) is 6.51. The van der Waals surface area contributed by atoms with Crippen molar-refractivity contribution < 1.29 is 14.3 Å². The van der Waals surface area contributed by atoms with Crippen LogP contribution < -0.4 is 5.32 Å². The first-order valence-corrected chi connectivity index (χ1v) is 13.9. The Kier molecular flexibility index (Phi) is 19.5. The highest BCUT2D eigenvalue weighted by Gasteiger charge is 2.28. The van der Waals surface area contributed by atoms with Crippen LogP contribution in [0.25, 0.3) is 0 Å². The van der Waals surface area contributed by atoms with Gasteiger partial charge in [0, 0.05) is 13.1 Å². The Labute approximate surface area is 199 Å². The fourth-order valence-electron chi connectivity index (χ4n) is 4.47. The van der Waals surface area contributed by atoms with E-state index in [-0.39, 0.29) is 12.3 Å². The molecule has 0 radical (unpaired) electrons. The highest BCUT2D eigenvalue weighted by Crippen LogP contribution is 2.18. The van der Waals surface area contributed by atoms with Gasteiger partial charge < -0.3 is 19.6 Å². The van der Waals surface area contributed by atoms with E-state index in [2.05, 4.69) is 28.8 Å². The maximum Gasteiger partial charge on any atom is 0.148 e. The molecule has 0 aliphatic carbocycles. The van der Waals surface area contributed by atoms with E-state index in [0.29, 0.717) is 6.17 Å². The summed E-state index contributed by atoms with van der Waals surface area (Å²) < 4.78 is 10.3. The first-order chi connectivity index (χ1) is 15.7. The summed E-state index contributed by atoms with van der Waals surface area (Å²) in [5.74, 6) is 0. The van der Waals surface area contributed by atoms with Crippen molar-refractivity contribution in [2.24, 2.45) is 0 Å². The second kappa shape index (κ2) is 21.1. The van der Waals surface area contributed by atoms with Gasteiger partial charge in [-0.15, -0.1) is 0 Å². The molecule has 0 amide bonds. The van der Waals surface area contributed by atoms with Gasteiger partial charge in [0.15, 0.2) is 0 Å². The van der Waals surface area contributed by atoms with E-state index in [1.165, 1.54) is 103 Å². The lowest BCUT2D eigenvalue weighted by atomic mass is 10.0. The monoisotopic (exact) mass is 454 g/mol. The molecule has 0 spiro atoms. The molecule has 3 unspecified atom stereocenters. The molecule has 1 N–H and O–H groups in total. The number of rotatable bonds is 20. The Morgan fingerprint density at radius 2 is 1.34 bits per heavy atom. The quantitative estimate of drug-likeness (QED) is 0.130. The number of nitrogens with zero attached hydrogens (tertiary/aromatic N) is 1. The van der Waals surface area contributed by atoms with E-state index in [1.54, 1.807) is 0 Å². The largest absolute Gasteiger partial charge is 0.377 e. The van der Waals surface area contributed by atoms with E-state index in [4.69, 9.17) is 4.74 Å². The molecule has 32 heavy (non-hydrogen) atoms. The number of nitrogens with one attached hydrogen (secondary N) is 1. The first-order valence-electron chi connectivity index (χ1n) is 13.9. The van der Waals surface area contributed by atoms with Crippen molar-refractivity contribution in [3.63, 3.8) is 0 Å². The fraction of sp³-hybridized carbons (Fsp3) is 0.963. The third kappa shape index (κ3) is 17.0. The second-order valence-electron chi connectivity index (χ2n) is 9.64. The topological polar surface area (TPSA) is 54.1 Å². The van der Waals surface area contributed by atoms with E-state index < -0.39 is 0 Å². The van der Waals surface area contributed by atoms with E-state index in [1.807, 2.05) is 6.92 Å². The van der Waals surface area contributed by atoms with Crippen LogP contribution in [0.1, 0.15) is 124 Å². The molecule has 5 heteroatoms. The molecule has 3 atom stereocenters. The van der Waals surface area contributed by atoms with E-state index in [9.17, 15) is 4.79 Å². The van der Waals surface area contributed by atoms with Gasteiger partial charge in [-0.3, -0.25) is 4.90 Å². The Morgan fingerprint density at radius 1 is 0.875 bits per heavy atom. The van der Waals surface area contributed by atoms with Crippen LogP contribution in [0.4, 0.5) is 0 Å². The van der Waals surface area contributed by atoms with Gasteiger partial charge in [-0.25, -0.2) is 0 Å². The summed E-state index contributed by atoms with van der Waals surface area (Å²) in [5.41, 5.74) is 0. The van der Waals surface area contributed by atoms with Crippen LogP contribution in [0.3, 0.4) is 0 Å². The minimum atomic E-state index is -0.322. The smallest absolute Gasteiger partial charge is 0.148 e. The Balaban J connectivity index is 0.00000156. The number of carbonyl (C=O) groups excluding carboxylic acids is 1. The molecule has 2 fully saturated rings. The molecule has 0 bridgehead atoms. The molecule has 2 aliphatic heterocycles. The summed E-state index contributed by atoms with van der Waals surface area (Å²) in [6, 6.07) is 0. The average molecular weight is 455 g/mol. The molecule has 0 aromatic rings. The predicted molar refractivity (Wildman–Crippen MR) is 135 cm³/mol. The van der Waals surface area contributed by atoms with Crippen LogP contribution in [0.5, 0.6) is 0 Å². The molecule has 0 aromatic carbocycles. The molecular formula is C27H54N2O3.